The second kappa shape index (κ2) is 9.94. The second-order valence-corrected chi connectivity index (χ2v) is 8.14. The number of hydrogen-bond donors (Lipinski definition) is 1. The minimum Gasteiger partial charge on any atom is -0.477 e. The van der Waals surface area contributed by atoms with Crippen molar-refractivity contribution < 1.29 is 37.1 Å². The summed E-state index contributed by atoms with van der Waals surface area (Å²) in [6.45, 7) is -0.786. The third kappa shape index (κ3) is 4.98. The third-order valence-corrected chi connectivity index (χ3v) is 5.93. The summed E-state index contributed by atoms with van der Waals surface area (Å²) >= 11 is 0. The molecule has 0 bridgehead atoms. The predicted molar refractivity (Wildman–Crippen MR) is 125 cm³/mol. The average Bonchev–Trinajstić information content (AvgIpc) is 2.87. The van der Waals surface area contributed by atoms with Gasteiger partial charge in [0.2, 0.25) is 0 Å². The number of nitrogens with zero attached hydrogens (tertiary/aromatic N) is 2. The quantitative estimate of drug-likeness (QED) is 0.224. The summed E-state index contributed by atoms with van der Waals surface area (Å²) in [7, 11) is 0. The largest absolute Gasteiger partial charge is 0.477 e. The molecule has 1 heterocycles. The van der Waals surface area contributed by atoms with Crippen LogP contribution in [0.2, 0.25) is 0 Å². The number of carbonyl (C=O) groups is 1. The predicted octanol–water partition coefficient (Wildman–Crippen LogP) is 6.36. The molecule has 0 aliphatic heterocycles. The van der Waals surface area contributed by atoms with E-state index >= 15 is 0 Å². The van der Waals surface area contributed by atoms with Crippen LogP contribution < -0.4 is 0 Å². The van der Waals surface area contributed by atoms with Crippen LogP contribution in [0.25, 0.3) is 16.7 Å². The molecule has 1 N–H and O–H groups in total. The first-order chi connectivity index (χ1) is 17.5. The highest BCUT2D eigenvalue weighted by atomic mass is 19.4. The molecule has 0 spiro atoms. The first-order valence-electron chi connectivity index (χ1n) is 10.8. The van der Waals surface area contributed by atoms with E-state index in [2.05, 4.69) is 4.98 Å². The Labute approximate surface area is 207 Å². The number of carboxylic acid groups (broad SMARTS) is 1. The van der Waals surface area contributed by atoms with Gasteiger partial charge >= 0.3 is 12.1 Å². The number of halogens is 4. The number of aromatic carboxylic acids is 1. The standard InChI is InChI=1S/C26H18F4N2O5/c27-21-7-2-1-5-19(21)20-6-3-4-12-25(20,26(28,29)30)37-15-18-9-8-16(13-23(18)32(35)36)17-10-11-22(24(33)34)31-14-17/h1-11,13-14H,12,15H2,(H,33,34). The summed E-state index contributed by atoms with van der Waals surface area (Å²) in [5.41, 5.74) is -3.84. The molecule has 4 rings (SSSR count). The molecule has 1 unspecified atom stereocenters. The van der Waals surface area contributed by atoms with E-state index in [1.165, 1.54) is 60.8 Å². The zero-order valence-corrected chi connectivity index (χ0v) is 18.9. The van der Waals surface area contributed by atoms with E-state index in [1.807, 2.05) is 0 Å². The summed E-state index contributed by atoms with van der Waals surface area (Å²) in [4.78, 5) is 25.8. The molecule has 1 atom stereocenters. The average molecular weight is 514 g/mol. The molecule has 2 aromatic carbocycles. The van der Waals surface area contributed by atoms with E-state index in [0.29, 0.717) is 11.1 Å². The summed E-state index contributed by atoms with van der Waals surface area (Å²) in [6, 6.07) is 11.5. The number of ether oxygens (including phenoxy) is 1. The fourth-order valence-corrected chi connectivity index (χ4v) is 4.04. The topological polar surface area (TPSA) is 103 Å². The van der Waals surface area contributed by atoms with Gasteiger partial charge in [0.1, 0.15) is 11.5 Å². The molecule has 0 radical (unpaired) electrons. The highest BCUT2D eigenvalue weighted by Crippen LogP contribution is 2.49. The van der Waals surface area contributed by atoms with Crippen LogP contribution in [0.4, 0.5) is 23.2 Å². The lowest BCUT2D eigenvalue weighted by atomic mass is 9.81. The number of carboxylic acids is 1. The van der Waals surface area contributed by atoms with E-state index in [9.17, 15) is 32.5 Å². The van der Waals surface area contributed by atoms with Crippen molar-refractivity contribution in [3.05, 3.63) is 112 Å². The lowest BCUT2D eigenvalue weighted by Crippen LogP contribution is -2.49. The number of hydrogen-bond acceptors (Lipinski definition) is 5. The number of benzene rings is 2. The van der Waals surface area contributed by atoms with Crippen LogP contribution in [0, 0.1) is 15.9 Å². The van der Waals surface area contributed by atoms with Gasteiger partial charge in [0.05, 0.1) is 17.1 Å². The molecule has 11 heteroatoms. The van der Waals surface area contributed by atoms with Crippen molar-refractivity contribution in [3.63, 3.8) is 0 Å². The molecule has 0 amide bonds. The maximum atomic E-state index is 14.5. The normalized spacial score (nSPS) is 17.4. The number of pyridine rings is 1. The Morgan fingerprint density at radius 1 is 1.14 bits per heavy atom. The Morgan fingerprint density at radius 3 is 2.49 bits per heavy atom. The third-order valence-electron chi connectivity index (χ3n) is 5.93. The van der Waals surface area contributed by atoms with E-state index in [0.717, 1.165) is 18.2 Å². The molecular formula is C26H18F4N2O5. The van der Waals surface area contributed by atoms with Crippen LogP contribution in [-0.4, -0.2) is 32.8 Å². The summed E-state index contributed by atoms with van der Waals surface area (Å²) in [6.07, 6.45) is -0.667. The number of aromatic nitrogens is 1. The molecule has 0 fully saturated rings. The minimum absolute atomic E-state index is 0.130. The van der Waals surface area contributed by atoms with Crippen LogP contribution in [0.3, 0.4) is 0 Å². The Bertz CT molecular complexity index is 1420. The molecular weight excluding hydrogens is 496 g/mol. The van der Waals surface area contributed by atoms with E-state index in [1.54, 1.807) is 0 Å². The van der Waals surface area contributed by atoms with Crippen LogP contribution in [0.15, 0.2) is 79.0 Å². The zero-order valence-electron chi connectivity index (χ0n) is 18.9. The van der Waals surface area contributed by atoms with Gasteiger partial charge in [-0.2, -0.15) is 13.2 Å². The molecule has 7 nitrogen and oxygen atoms in total. The second-order valence-electron chi connectivity index (χ2n) is 8.14. The van der Waals surface area contributed by atoms with Crippen LogP contribution in [0.5, 0.6) is 0 Å². The SMILES string of the molecule is O=C(O)c1ccc(-c2ccc(COC3(C(F)(F)F)CC=CC=C3c3ccccc3F)c([N+](=O)[O-])c2)cn1. The van der Waals surface area contributed by atoms with Crippen molar-refractivity contribution in [2.24, 2.45) is 0 Å². The Balaban J connectivity index is 1.70. The lowest BCUT2D eigenvalue weighted by Gasteiger charge is -2.38. The van der Waals surface area contributed by atoms with Gasteiger partial charge in [-0.1, -0.05) is 48.6 Å². The fraction of sp³-hybridized carbons (Fsp3) is 0.154. The van der Waals surface area contributed by atoms with Crippen molar-refractivity contribution in [1.82, 2.24) is 4.98 Å². The Hall–Kier alpha value is -4.38. The van der Waals surface area contributed by atoms with Gasteiger partial charge in [0.15, 0.2) is 5.60 Å². The highest BCUT2D eigenvalue weighted by molar-refractivity contribution is 5.85. The molecule has 0 saturated carbocycles. The smallest absolute Gasteiger partial charge is 0.422 e. The maximum Gasteiger partial charge on any atom is 0.422 e. The molecule has 37 heavy (non-hydrogen) atoms. The van der Waals surface area contributed by atoms with Crippen LogP contribution in [0.1, 0.15) is 28.0 Å². The maximum absolute atomic E-state index is 14.5. The Kier molecular flexibility index (Phi) is 6.90. The fourth-order valence-electron chi connectivity index (χ4n) is 4.04. The van der Waals surface area contributed by atoms with Crippen molar-refractivity contribution in [3.8, 4) is 11.1 Å². The molecule has 0 saturated heterocycles. The number of nitro groups is 1. The zero-order chi connectivity index (χ0) is 26.8. The van der Waals surface area contributed by atoms with Gasteiger partial charge in [0, 0.05) is 35.4 Å². The van der Waals surface area contributed by atoms with Crippen molar-refractivity contribution in [2.75, 3.05) is 0 Å². The molecule has 3 aromatic rings. The van der Waals surface area contributed by atoms with Crippen molar-refractivity contribution >= 4 is 17.2 Å². The number of rotatable bonds is 7. The summed E-state index contributed by atoms with van der Waals surface area (Å²) in [5, 5.41) is 20.7. The van der Waals surface area contributed by atoms with Crippen molar-refractivity contribution in [1.29, 1.82) is 0 Å². The first kappa shape index (κ1) is 25.7. The van der Waals surface area contributed by atoms with Gasteiger partial charge in [-0.05, 0) is 23.8 Å². The van der Waals surface area contributed by atoms with Gasteiger partial charge in [-0.25, -0.2) is 14.2 Å². The summed E-state index contributed by atoms with van der Waals surface area (Å²) in [5.74, 6) is -2.11. The van der Waals surface area contributed by atoms with Crippen molar-refractivity contribution in [2.45, 2.75) is 24.8 Å². The van der Waals surface area contributed by atoms with Gasteiger partial charge in [0.25, 0.3) is 5.69 Å². The van der Waals surface area contributed by atoms with Gasteiger partial charge in [-0.15, -0.1) is 0 Å². The number of allylic oxidation sites excluding steroid dienone is 2. The first-order valence-corrected chi connectivity index (χ1v) is 10.8. The van der Waals surface area contributed by atoms with Crippen LogP contribution >= 0.6 is 0 Å². The number of alkyl halides is 3. The molecule has 1 aromatic heterocycles. The van der Waals surface area contributed by atoms with E-state index in [4.69, 9.17) is 9.84 Å². The number of nitro benzene ring substituents is 1. The van der Waals surface area contributed by atoms with E-state index in [-0.39, 0.29) is 16.8 Å². The monoisotopic (exact) mass is 514 g/mol. The molecule has 1 aliphatic carbocycles. The lowest BCUT2D eigenvalue weighted by molar-refractivity contribution is -0.386. The Morgan fingerprint density at radius 2 is 1.86 bits per heavy atom. The van der Waals surface area contributed by atoms with Gasteiger partial charge < -0.3 is 9.84 Å². The molecule has 1 aliphatic rings. The molecule has 190 valence electrons. The minimum atomic E-state index is -4.97. The van der Waals surface area contributed by atoms with Crippen LogP contribution in [-0.2, 0) is 11.3 Å². The highest BCUT2D eigenvalue weighted by Gasteiger charge is 2.59. The van der Waals surface area contributed by atoms with E-state index < -0.39 is 52.8 Å². The van der Waals surface area contributed by atoms with Gasteiger partial charge in [-0.3, -0.25) is 10.1 Å². The summed E-state index contributed by atoms with van der Waals surface area (Å²) < 4.78 is 63.4.